The second-order valence-electron chi connectivity index (χ2n) is 6.03. The van der Waals surface area contributed by atoms with Crippen molar-refractivity contribution >= 4 is 18.3 Å². The predicted octanol–water partition coefficient (Wildman–Crippen LogP) is 2.39. The molecular formula is C15H29ClN2O2. The minimum absolute atomic E-state index is 0. The van der Waals surface area contributed by atoms with Gasteiger partial charge in [-0.05, 0) is 31.6 Å². The molecule has 0 spiro atoms. The zero-order valence-corrected chi connectivity index (χ0v) is 13.1. The number of halogens is 1. The lowest BCUT2D eigenvalue weighted by atomic mass is 9.91. The summed E-state index contributed by atoms with van der Waals surface area (Å²) in [5.74, 6) is 0.347. The van der Waals surface area contributed by atoms with E-state index in [9.17, 15) is 4.79 Å². The van der Waals surface area contributed by atoms with Crippen LogP contribution in [-0.4, -0.2) is 31.2 Å². The summed E-state index contributed by atoms with van der Waals surface area (Å²) in [4.78, 5) is 12.2. The Bertz CT molecular complexity index is 275. The SMILES string of the molecule is Cl.NC(C(=O)NC1CCCCCCC1)C1CCOCC1. The van der Waals surface area contributed by atoms with Crippen molar-refractivity contribution in [2.24, 2.45) is 11.7 Å². The standard InChI is InChI=1S/C15H28N2O2.ClH/c16-14(12-8-10-19-11-9-12)15(18)17-13-6-4-2-1-3-5-7-13;/h12-14H,1-11,16H2,(H,17,18);1H. The van der Waals surface area contributed by atoms with Gasteiger partial charge in [0, 0.05) is 19.3 Å². The molecule has 20 heavy (non-hydrogen) atoms. The molecule has 0 aromatic carbocycles. The van der Waals surface area contributed by atoms with Crippen molar-refractivity contribution in [2.45, 2.75) is 69.9 Å². The highest BCUT2D eigenvalue weighted by molar-refractivity contribution is 5.85. The van der Waals surface area contributed by atoms with Crippen LogP contribution in [0.15, 0.2) is 0 Å². The summed E-state index contributed by atoms with van der Waals surface area (Å²) in [6, 6.07) is -0.00645. The van der Waals surface area contributed by atoms with E-state index < -0.39 is 0 Å². The van der Waals surface area contributed by atoms with Crippen LogP contribution < -0.4 is 11.1 Å². The minimum atomic E-state index is -0.352. The molecule has 2 aliphatic rings. The van der Waals surface area contributed by atoms with Gasteiger partial charge in [-0.15, -0.1) is 12.4 Å². The van der Waals surface area contributed by atoms with Gasteiger partial charge in [0.05, 0.1) is 6.04 Å². The molecule has 1 aliphatic heterocycles. The minimum Gasteiger partial charge on any atom is -0.381 e. The van der Waals surface area contributed by atoms with Crippen LogP contribution in [0, 0.1) is 5.92 Å². The quantitative estimate of drug-likeness (QED) is 0.841. The van der Waals surface area contributed by atoms with Crippen molar-refractivity contribution < 1.29 is 9.53 Å². The number of carbonyl (C=O) groups is 1. The summed E-state index contributed by atoms with van der Waals surface area (Å²) in [6.07, 6.45) is 10.5. The van der Waals surface area contributed by atoms with E-state index in [0.717, 1.165) is 38.9 Å². The molecule has 5 heteroatoms. The molecule has 1 unspecified atom stereocenters. The number of nitrogens with one attached hydrogen (secondary N) is 1. The van der Waals surface area contributed by atoms with Crippen molar-refractivity contribution in [2.75, 3.05) is 13.2 Å². The van der Waals surface area contributed by atoms with Gasteiger partial charge in [0.15, 0.2) is 0 Å². The number of amides is 1. The zero-order valence-electron chi connectivity index (χ0n) is 12.3. The highest BCUT2D eigenvalue weighted by Gasteiger charge is 2.27. The Labute approximate surface area is 128 Å². The van der Waals surface area contributed by atoms with E-state index in [4.69, 9.17) is 10.5 Å². The summed E-state index contributed by atoms with van der Waals surface area (Å²) < 4.78 is 5.32. The second-order valence-corrected chi connectivity index (χ2v) is 6.03. The molecule has 0 aromatic rings. The van der Waals surface area contributed by atoms with Gasteiger partial charge < -0.3 is 15.8 Å². The first kappa shape index (κ1) is 17.7. The fourth-order valence-electron chi connectivity index (χ4n) is 3.19. The van der Waals surface area contributed by atoms with E-state index in [2.05, 4.69) is 5.32 Å². The third-order valence-electron chi connectivity index (χ3n) is 4.53. The lowest BCUT2D eigenvalue weighted by Crippen LogP contribution is -2.50. The molecule has 3 N–H and O–H groups in total. The van der Waals surface area contributed by atoms with E-state index in [1.807, 2.05) is 0 Å². The maximum absolute atomic E-state index is 12.2. The van der Waals surface area contributed by atoms with Crippen molar-refractivity contribution in [3.05, 3.63) is 0 Å². The van der Waals surface area contributed by atoms with Crippen LogP contribution in [-0.2, 0) is 9.53 Å². The first-order chi connectivity index (χ1) is 9.27. The lowest BCUT2D eigenvalue weighted by molar-refractivity contribution is -0.125. The molecule has 0 aromatic heterocycles. The molecular weight excluding hydrogens is 276 g/mol. The Morgan fingerprint density at radius 1 is 1.00 bits per heavy atom. The van der Waals surface area contributed by atoms with Crippen molar-refractivity contribution in [1.29, 1.82) is 0 Å². The van der Waals surface area contributed by atoms with Gasteiger partial charge in [-0.25, -0.2) is 0 Å². The Morgan fingerprint density at radius 3 is 2.15 bits per heavy atom. The Kier molecular flexibility index (Phi) is 8.50. The maximum atomic E-state index is 12.2. The average Bonchev–Trinajstić information content (AvgIpc) is 2.41. The topological polar surface area (TPSA) is 64.4 Å². The third kappa shape index (κ3) is 5.58. The summed E-state index contributed by atoms with van der Waals surface area (Å²) in [7, 11) is 0. The molecule has 2 rings (SSSR count). The fourth-order valence-corrected chi connectivity index (χ4v) is 3.19. The van der Waals surface area contributed by atoms with Crippen molar-refractivity contribution in [3.8, 4) is 0 Å². The molecule has 1 saturated carbocycles. The van der Waals surface area contributed by atoms with Gasteiger partial charge in [0.25, 0.3) is 0 Å². The Morgan fingerprint density at radius 2 is 1.55 bits per heavy atom. The van der Waals surface area contributed by atoms with E-state index in [1.165, 1.54) is 32.1 Å². The zero-order chi connectivity index (χ0) is 13.5. The van der Waals surface area contributed by atoms with Crippen LogP contribution in [0.4, 0.5) is 0 Å². The highest BCUT2D eigenvalue weighted by atomic mass is 35.5. The van der Waals surface area contributed by atoms with Crippen molar-refractivity contribution in [1.82, 2.24) is 5.32 Å². The van der Waals surface area contributed by atoms with Crippen LogP contribution in [0.5, 0.6) is 0 Å². The molecule has 2 fully saturated rings. The van der Waals surface area contributed by atoms with E-state index in [1.54, 1.807) is 0 Å². The number of ether oxygens (including phenoxy) is 1. The average molecular weight is 305 g/mol. The molecule has 0 radical (unpaired) electrons. The summed E-state index contributed by atoms with van der Waals surface area (Å²) in [6.45, 7) is 1.49. The Hall–Kier alpha value is -0.320. The second kappa shape index (κ2) is 9.59. The van der Waals surface area contributed by atoms with Gasteiger partial charge in [0.1, 0.15) is 0 Å². The van der Waals surface area contributed by atoms with Crippen molar-refractivity contribution in [3.63, 3.8) is 0 Å². The van der Waals surface area contributed by atoms with Crippen LogP contribution in [0.1, 0.15) is 57.8 Å². The number of carbonyl (C=O) groups excluding carboxylic acids is 1. The van der Waals surface area contributed by atoms with Gasteiger partial charge >= 0.3 is 0 Å². The van der Waals surface area contributed by atoms with E-state index >= 15 is 0 Å². The molecule has 1 heterocycles. The highest BCUT2D eigenvalue weighted by Crippen LogP contribution is 2.20. The fraction of sp³-hybridized carbons (Fsp3) is 0.933. The molecule has 1 amide bonds. The number of rotatable bonds is 3. The maximum Gasteiger partial charge on any atom is 0.237 e. The molecule has 1 atom stereocenters. The predicted molar refractivity (Wildman–Crippen MR) is 83.0 cm³/mol. The summed E-state index contributed by atoms with van der Waals surface area (Å²) in [5, 5.41) is 3.18. The molecule has 118 valence electrons. The smallest absolute Gasteiger partial charge is 0.237 e. The first-order valence-electron chi connectivity index (χ1n) is 7.91. The number of hydrogen-bond acceptors (Lipinski definition) is 3. The van der Waals surface area contributed by atoms with E-state index in [-0.39, 0.29) is 24.4 Å². The summed E-state index contributed by atoms with van der Waals surface area (Å²) >= 11 is 0. The number of nitrogens with two attached hydrogens (primary N) is 1. The first-order valence-corrected chi connectivity index (χ1v) is 7.91. The number of hydrogen-bond donors (Lipinski definition) is 2. The van der Waals surface area contributed by atoms with Gasteiger partial charge in [0.2, 0.25) is 5.91 Å². The van der Waals surface area contributed by atoms with Gasteiger partial charge in [-0.2, -0.15) is 0 Å². The van der Waals surface area contributed by atoms with Crippen LogP contribution in [0.3, 0.4) is 0 Å². The monoisotopic (exact) mass is 304 g/mol. The summed E-state index contributed by atoms with van der Waals surface area (Å²) in [5.41, 5.74) is 6.11. The van der Waals surface area contributed by atoms with Gasteiger partial charge in [-0.1, -0.05) is 32.1 Å². The Balaban J connectivity index is 0.00000200. The largest absolute Gasteiger partial charge is 0.381 e. The van der Waals surface area contributed by atoms with Crippen LogP contribution in [0.2, 0.25) is 0 Å². The van der Waals surface area contributed by atoms with Crippen LogP contribution >= 0.6 is 12.4 Å². The van der Waals surface area contributed by atoms with Gasteiger partial charge in [-0.3, -0.25) is 4.79 Å². The van der Waals surface area contributed by atoms with E-state index in [0.29, 0.717) is 12.0 Å². The molecule has 1 aliphatic carbocycles. The molecule has 0 bridgehead atoms. The molecule has 4 nitrogen and oxygen atoms in total. The van der Waals surface area contributed by atoms with Crippen LogP contribution in [0.25, 0.3) is 0 Å². The lowest BCUT2D eigenvalue weighted by Gasteiger charge is -2.29. The normalized spacial score (nSPS) is 24.1. The molecule has 1 saturated heterocycles. The third-order valence-corrected chi connectivity index (χ3v) is 4.53.